The van der Waals surface area contributed by atoms with Crippen LogP contribution >= 0.6 is 0 Å². The van der Waals surface area contributed by atoms with Gasteiger partial charge in [0.1, 0.15) is 0 Å². The highest BCUT2D eigenvalue weighted by Gasteiger charge is 2.45. The molecule has 0 fully saturated rings. The van der Waals surface area contributed by atoms with Crippen molar-refractivity contribution in [1.29, 1.82) is 0 Å². The average Bonchev–Trinajstić information content (AvgIpc) is 2.10. The highest BCUT2D eigenvalue weighted by atomic mass is 28.3. The lowest BCUT2D eigenvalue weighted by Gasteiger charge is -2.47. The van der Waals surface area contributed by atoms with E-state index in [0.717, 1.165) is 0 Å². The lowest BCUT2D eigenvalue weighted by Crippen LogP contribution is -2.59. The second-order valence-corrected chi connectivity index (χ2v) is 10.7. The maximum atomic E-state index is 11.2. The van der Waals surface area contributed by atoms with Crippen LogP contribution in [0.2, 0.25) is 25.2 Å². The summed E-state index contributed by atoms with van der Waals surface area (Å²) in [5.74, 6) is -3.02. The second-order valence-electron chi connectivity index (χ2n) is 5.23. The molecule has 1 atom stereocenters. The van der Waals surface area contributed by atoms with Crippen LogP contribution in [-0.4, -0.2) is 20.0 Å². The van der Waals surface area contributed by atoms with Gasteiger partial charge in [0, 0.05) is 13.5 Å². The van der Waals surface area contributed by atoms with Gasteiger partial charge in [-0.15, -0.1) is 0 Å². The quantitative estimate of drug-likeness (QED) is 0.486. The van der Waals surface area contributed by atoms with Gasteiger partial charge in [-0.1, -0.05) is 39.9 Å². The first kappa shape index (κ1) is 15.2. The molecule has 0 aromatic carbocycles. The zero-order chi connectivity index (χ0) is 13.1. The minimum absolute atomic E-state index is 0.0143. The van der Waals surface area contributed by atoms with E-state index in [2.05, 4.69) is 0 Å². The predicted octanol–water partition coefficient (Wildman–Crippen LogP) is 0.00100. The summed E-state index contributed by atoms with van der Waals surface area (Å²) in [6.07, 6.45) is 0.534. The molecule has 0 amide bonds. The van der Waals surface area contributed by atoms with Crippen LogP contribution in [0.5, 0.6) is 0 Å². The number of hydrogen-bond acceptors (Lipinski definition) is 4. The molecule has 0 aliphatic heterocycles. The fraction of sp³-hybridized carbons (Fsp3) is 0.818. The Morgan fingerprint density at radius 1 is 1.12 bits per heavy atom. The van der Waals surface area contributed by atoms with Crippen LogP contribution in [0, 0.1) is 5.41 Å². The molecule has 0 aromatic heterocycles. The third kappa shape index (κ3) is 2.45. The highest BCUT2D eigenvalue weighted by molar-refractivity contribution is 6.78. The minimum atomic E-state index is -1.91. The van der Waals surface area contributed by atoms with Crippen molar-refractivity contribution in [2.75, 3.05) is 0 Å². The number of hydrogen-bond donors (Lipinski definition) is 0. The van der Waals surface area contributed by atoms with Crippen molar-refractivity contribution in [3.8, 4) is 0 Å². The van der Waals surface area contributed by atoms with Crippen LogP contribution in [0.3, 0.4) is 0 Å². The van der Waals surface area contributed by atoms with E-state index in [4.69, 9.17) is 0 Å². The summed E-state index contributed by atoms with van der Waals surface area (Å²) in [7, 11) is -1.91. The lowest BCUT2D eigenvalue weighted by atomic mass is 9.80. The first-order valence-corrected chi connectivity index (χ1v) is 9.15. The van der Waals surface area contributed by atoms with Crippen LogP contribution in [-0.2, 0) is 9.59 Å². The van der Waals surface area contributed by atoms with Gasteiger partial charge in [-0.2, -0.15) is 0 Å². The van der Waals surface area contributed by atoms with Crippen molar-refractivity contribution in [1.82, 2.24) is 0 Å². The molecule has 0 bridgehead atoms. The summed E-state index contributed by atoms with van der Waals surface area (Å²) in [6, 6.07) is 0. The van der Waals surface area contributed by atoms with E-state index in [9.17, 15) is 19.8 Å². The Labute approximate surface area is 97.7 Å². The third-order valence-corrected chi connectivity index (χ3v) is 6.33. The molecular weight excluding hydrogens is 224 g/mol. The van der Waals surface area contributed by atoms with Gasteiger partial charge in [0.15, 0.2) is 0 Å². The fourth-order valence-electron chi connectivity index (χ4n) is 2.60. The normalized spacial score (nSPS) is 14.6. The molecule has 0 spiro atoms. The topological polar surface area (TPSA) is 80.3 Å². The molecule has 0 aliphatic rings. The van der Waals surface area contributed by atoms with Gasteiger partial charge in [0.05, 0.1) is 11.9 Å². The van der Waals surface area contributed by atoms with Crippen LogP contribution in [0.4, 0.5) is 0 Å². The summed E-state index contributed by atoms with van der Waals surface area (Å²) in [6.45, 7) is 9.29. The molecule has 0 heterocycles. The van der Waals surface area contributed by atoms with E-state index in [0.29, 0.717) is 6.42 Å². The Bertz CT molecular complexity index is 266. The molecule has 0 aromatic rings. The molecule has 0 aliphatic carbocycles. The van der Waals surface area contributed by atoms with Crippen molar-refractivity contribution >= 4 is 20.0 Å². The zero-order valence-corrected chi connectivity index (χ0v) is 11.6. The SMILES string of the molecule is CCC(C(CC)(C(=O)[O-])C(=O)[O-])[Si](C)(C)C. The van der Waals surface area contributed by atoms with E-state index in [1.54, 1.807) is 6.92 Å². The summed E-state index contributed by atoms with van der Waals surface area (Å²) in [5, 5.41) is 22.5. The smallest absolute Gasteiger partial charge is 0.0532 e. The molecule has 0 saturated carbocycles. The lowest BCUT2D eigenvalue weighted by molar-refractivity contribution is -0.344. The first-order chi connectivity index (χ1) is 7.14. The molecule has 16 heavy (non-hydrogen) atoms. The minimum Gasteiger partial charge on any atom is -0.549 e. The molecule has 94 valence electrons. The number of carbonyl (C=O) groups is 2. The highest BCUT2D eigenvalue weighted by Crippen LogP contribution is 2.44. The third-order valence-electron chi connectivity index (χ3n) is 3.33. The van der Waals surface area contributed by atoms with E-state index in [1.807, 2.05) is 26.6 Å². The van der Waals surface area contributed by atoms with Gasteiger partial charge in [-0.3, -0.25) is 0 Å². The summed E-state index contributed by atoms with van der Waals surface area (Å²) >= 11 is 0. The standard InChI is InChI=1S/C11H22O4Si/c1-6-8(16(3,4)5)11(7-2,9(12)13)10(14)15/h8H,6-7H2,1-5H3,(H,12,13)(H,14,15)/p-2. The Morgan fingerprint density at radius 3 is 1.56 bits per heavy atom. The monoisotopic (exact) mass is 244 g/mol. The number of carboxylic acid groups (broad SMARTS) is 2. The van der Waals surface area contributed by atoms with E-state index in [-0.39, 0.29) is 12.0 Å². The fourth-order valence-corrected chi connectivity index (χ4v) is 5.75. The van der Waals surface area contributed by atoms with Crippen molar-refractivity contribution in [3.05, 3.63) is 0 Å². The van der Waals surface area contributed by atoms with Crippen molar-refractivity contribution < 1.29 is 19.8 Å². The van der Waals surface area contributed by atoms with Gasteiger partial charge in [0.25, 0.3) is 0 Å². The number of carboxylic acids is 2. The average molecular weight is 244 g/mol. The molecular formula is C11H20O4Si-2. The molecule has 0 saturated heterocycles. The summed E-state index contributed by atoms with van der Waals surface area (Å²) in [4.78, 5) is 22.5. The molecule has 5 heteroatoms. The van der Waals surface area contributed by atoms with Crippen LogP contribution in [0.1, 0.15) is 26.7 Å². The Kier molecular flexibility index (Phi) is 4.73. The molecule has 1 unspecified atom stereocenters. The van der Waals surface area contributed by atoms with Gasteiger partial charge >= 0.3 is 0 Å². The van der Waals surface area contributed by atoms with Crippen LogP contribution in [0.15, 0.2) is 0 Å². The van der Waals surface area contributed by atoms with E-state index < -0.39 is 25.4 Å². The van der Waals surface area contributed by atoms with Gasteiger partial charge in [-0.05, 0) is 12.0 Å². The Morgan fingerprint density at radius 2 is 1.50 bits per heavy atom. The van der Waals surface area contributed by atoms with Crippen molar-refractivity contribution in [3.63, 3.8) is 0 Å². The second kappa shape index (κ2) is 4.99. The van der Waals surface area contributed by atoms with Crippen LogP contribution < -0.4 is 10.2 Å². The molecule has 0 N–H and O–H groups in total. The zero-order valence-electron chi connectivity index (χ0n) is 10.6. The van der Waals surface area contributed by atoms with Crippen LogP contribution in [0.25, 0.3) is 0 Å². The van der Waals surface area contributed by atoms with Crippen molar-refractivity contribution in [2.45, 2.75) is 51.9 Å². The largest absolute Gasteiger partial charge is 0.549 e. The Hall–Kier alpha value is -0.843. The Balaban J connectivity index is 5.65. The first-order valence-electron chi connectivity index (χ1n) is 5.57. The summed E-state index contributed by atoms with van der Waals surface area (Å²) in [5.41, 5.74) is -2.21. The maximum absolute atomic E-state index is 11.2. The molecule has 4 nitrogen and oxygen atoms in total. The number of aliphatic carboxylic acids is 2. The molecule has 0 rings (SSSR count). The number of carbonyl (C=O) groups excluding carboxylic acids is 2. The summed E-state index contributed by atoms with van der Waals surface area (Å²) < 4.78 is 0. The maximum Gasteiger partial charge on any atom is 0.0532 e. The van der Waals surface area contributed by atoms with Gasteiger partial charge < -0.3 is 19.8 Å². The molecule has 0 radical (unpaired) electrons. The van der Waals surface area contributed by atoms with Crippen molar-refractivity contribution in [2.24, 2.45) is 5.41 Å². The van der Waals surface area contributed by atoms with E-state index in [1.165, 1.54) is 0 Å². The number of rotatable bonds is 6. The van der Waals surface area contributed by atoms with E-state index >= 15 is 0 Å². The van der Waals surface area contributed by atoms with Gasteiger partial charge in [-0.25, -0.2) is 0 Å². The predicted molar refractivity (Wildman–Crippen MR) is 60.1 cm³/mol. The van der Waals surface area contributed by atoms with Gasteiger partial charge in [0.2, 0.25) is 0 Å².